The number of aliphatic hydroxyl groups excluding tert-OH is 1. The van der Waals surface area contributed by atoms with Gasteiger partial charge >= 0.3 is 0 Å². The first-order valence-electron chi connectivity index (χ1n) is 5.72. The van der Waals surface area contributed by atoms with Crippen LogP contribution < -0.4 is 5.32 Å². The lowest BCUT2D eigenvalue weighted by molar-refractivity contribution is -0.140. The van der Waals surface area contributed by atoms with Crippen molar-refractivity contribution >= 4 is 5.91 Å². The molecule has 0 aromatic rings. The lowest BCUT2D eigenvalue weighted by atomic mass is 10.0. The Bertz CT molecular complexity index is 244. The van der Waals surface area contributed by atoms with Gasteiger partial charge in [-0.2, -0.15) is 0 Å². The lowest BCUT2D eigenvalue weighted by Crippen LogP contribution is -2.46. The molecule has 2 atom stereocenters. The van der Waals surface area contributed by atoms with Gasteiger partial charge < -0.3 is 15.2 Å². The van der Waals surface area contributed by atoms with Gasteiger partial charge in [0, 0.05) is 13.2 Å². The predicted molar refractivity (Wildman–Crippen MR) is 55.3 cm³/mol. The van der Waals surface area contributed by atoms with Crippen LogP contribution in [0.3, 0.4) is 0 Å². The third-order valence-electron chi connectivity index (χ3n) is 3.34. The molecule has 0 aromatic heterocycles. The maximum Gasteiger partial charge on any atom is 0.252 e. The molecule has 2 unspecified atom stereocenters. The number of rotatable bonds is 4. The summed E-state index contributed by atoms with van der Waals surface area (Å²) in [5, 5.41) is 12.4. The van der Waals surface area contributed by atoms with E-state index in [1.54, 1.807) is 0 Å². The molecule has 1 amide bonds. The van der Waals surface area contributed by atoms with Crippen LogP contribution in [-0.2, 0) is 9.53 Å². The van der Waals surface area contributed by atoms with Crippen molar-refractivity contribution in [2.75, 3.05) is 13.2 Å². The molecular weight excluding hydrogens is 194 g/mol. The molecule has 1 saturated heterocycles. The van der Waals surface area contributed by atoms with Gasteiger partial charge in [0.2, 0.25) is 0 Å². The van der Waals surface area contributed by atoms with Crippen LogP contribution in [0, 0.1) is 5.92 Å². The molecule has 0 spiro atoms. The standard InChI is InChI=1S/C11H19NO3/c1-11(5-2-6-15-11)10(14)12-7-9(13)8-3-4-8/h8-9,13H,2-7H2,1H3,(H,12,14). The quantitative estimate of drug-likeness (QED) is 0.712. The smallest absolute Gasteiger partial charge is 0.252 e. The highest BCUT2D eigenvalue weighted by Crippen LogP contribution is 2.32. The van der Waals surface area contributed by atoms with Crippen LogP contribution in [0.5, 0.6) is 0 Å². The molecule has 2 rings (SSSR count). The van der Waals surface area contributed by atoms with Gasteiger partial charge in [-0.05, 0) is 38.5 Å². The summed E-state index contributed by atoms with van der Waals surface area (Å²) in [6.07, 6.45) is 3.52. The first-order chi connectivity index (χ1) is 7.12. The molecule has 2 fully saturated rings. The van der Waals surface area contributed by atoms with Crippen LogP contribution in [0.1, 0.15) is 32.6 Å². The predicted octanol–water partition coefficient (Wildman–Crippen LogP) is 0.443. The molecular formula is C11H19NO3. The number of nitrogens with one attached hydrogen (secondary N) is 1. The number of aliphatic hydroxyl groups is 1. The summed E-state index contributed by atoms with van der Waals surface area (Å²) in [5.41, 5.74) is -0.663. The molecule has 15 heavy (non-hydrogen) atoms. The average Bonchev–Trinajstić information content (AvgIpc) is 2.98. The molecule has 2 aliphatic rings. The third-order valence-corrected chi connectivity index (χ3v) is 3.34. The van der Waals surface area contributed by atoms with Crippen LogP contribution in [-0.4, -0.2) is 35.9 Å². The van der Waals surface area contributed by atoms with E-state index in [1.165, 1.54) is 0 Å². The fraction of sp³-hybridized carbons (Fsp3) is 0.909. The van der Waals surface area contributed by atoms with Gasteiger partial charge in [0.15, 0.2) is 0 Å². The first kappa shape index (κ1) is 10.9. The Hall–Kier alpha value is -0.610. The molecule has 0 bridgehead atoms. The van der Waals surface area contributed by atoms with Crippen LogP contribution in [0.15, 0.2) is 0 Å². The molecule has 86 valence electrons. The van der Waals surface area contributed by atoms with E-state index in [2.05, 4.69) is 5.32 Å². The highest BCUT2D eigenvalue weighted by atomic mass is 16.5. The first-order valence-corrected chi connectivity index (χ1v) is 5.72. The summed E-state index contributed by atoms with van der Waals surface area (Å²) >= 11 is 0. The van der Waals surface area contributed by atoms with Crippen molar-refractivity contribution in [3.8, 4) is 0 Å². The van der Waals surface area contributed by atoms with Gasteiger partial charge in [0.05, 0.1) is 6.10 Å². The van der Waals surface area contributed by atoms with Crippen LogP contribution in [0.4, 0.5) is 0 Å². The largest absolute Gasteiger partial charge is 0.391 e. The second-order valence-electron chi connectivity index (χ2n) is 4.80. The summed E-state index contributed by atoms with van der Waals surface area (Å²) in [7, 11) is 0. The average molecular weight is 213 g/mol. The minimum Gasteiger partial charge on any atom is -0.391 e. The number of ether oxygens (including phenoxy) is 1. The Labute approximate surface area is 90.0 Å². The van der Waals surface area contributed by atoms with Gasteiger partial charge in [-0.15, -0.1) is 0 Å². The van der Waals surface area contributed by atoms with Gasteiger partial charge in [-0.1, -0.05) is 0 Å². The van der Waals surface area contributed by atoms with Crippen molar-refractivity contribution in [1.29, 1.82) is 0 Å². The lowest BCUT2D eigenvalue weighted by Gasteiger charge is -2.22. The topological polar surface area (TPSA) is 58.6 Å². The summed E-state index contributed by atoms with van der Waals surface area (Å²) < 4.78 is 5.42. The Morgan fingerprint density at radius 3 is 2.93 bits per heavy atom. The Balaban J connectivity index is 1.75. The fourth-order valence-corrected chi connectivity index (χ4v) is 1.99. The Morgan fingerprint density at radius 2 is 2.40 bits per heavy atom. The van der Waals surface area contributed by atoms with Crippen LogP contribution in [0.2, 0.25) is 0 Å². The zero-order chi connectivity index (χ0) is 10.9. The van der Waals surface area contributed by atoms with E-state index in [9.17, 15) is 9.90 Å². The summed E-state index contributed by atoms with van der Waals surface area (Å²) in [4.78, 5) is 11.8. The van der Waals surface area contributed by atoms with Crippen molar-refractivity contribution in [2.45, 2.75) is 44.3 Å². The molecule has 4 heteroatoms. The maximum absolute atomic E-state index is 11.8. The fourth-order valence-electron chi connectivity index (χ4n) is 1.99. The van der Waals surface area contributed by atoms with Crippen molar-refractivity contribution in [3.63, 3.8) is 0 Å². The summed E-state index contributed by atoms with van der Waals surface area (Å²) in [6, 6.07) is 0. The van der Waals surface area contributed by atoms with E-state index in [0.29, 0.717) is 19.1 Å². The highest BCUT2D eigenvalue weighted by Gasteiger charge is 2.38. The molecule has 0 radical (unpaired) electrons. The normalized spacial score (nSPS) is 32.7. The van der Waals surface area contributed by atoms with Gasteiger partial charge in [0.1, 0.15) is 5.60 Å². The zero-order valence-corrected chi connectivity index (χ0v) is 9.16. The highest BCUT2D eigenvalue weighted by molar-refractivity contribution is 5.85. The minimum absolute atomic E-state index is 0.0836. The third kappa shape index (κ3) is 2.49. The number of amides is 1. The summed E-state index contributed by atoms with van der Waals surface area (Å²) in [6.45, 7) is 2.84. The number of hydrogen-bond acceptors (Lipinski definition) is 3. The maximum atomic E-state index is 11.8. The van der Waals surface area contributed by atoms with Gasteiger partial charge in [-0.25, -0.2) is 0 Å². The molecule has 1 saturated carbocycles. The SMILES string of the molecule is CC1(C(=O)NCC(O)C2CC2)CCCO1. The Morgan fingerprint density at radius 1 is 1.67 bits per heavy atom. The van der Waals surface area contributed by atoms with Gasteiger partial charge in [0.25, 0.3) is 5.91 Å². The van der Waals surface area contributed by atoms with Crippen molar-refractivity contribution in [2.24, 2.45) is 5.92 Å². The van der Waals surface area contributed by atoms with Crippen LogP contribution in [0.25, 0.3) is 0 Å². The zero-order valence-electron chi connectivity index (χ0n) is 9.16. The van der Waals surface area contributed by atoms with Crippen molar-refractivity contribution in [1.82, 2.24) is 5.32 Å². The number of hydrogen-bond donors (Lipinski definition) is 2. The van der Waals surface area contributed by atoms with Gasteiger partial charge in [-0.3, -0.25) is 4.79 Å². The summed E-state index contributed by atoms with van der Waals surface area (Å²) in [5.74, 6) is 0.322. The molecule has 1 aliphatic heterocycles. The van der Waals surface area contributed by atoms with E-state index >= 15 is 0 Å². The molecule has 4 nitrogen and oxygen atoms in total. The van der Waals surface area contributed by atoms with Crippen LogP contribution >= 0.6 is 0 Å². The monoisotopic (exact) mass is 213 g/mol. The van der Waals surface area contributed by atoms with E-state index in [4.69, 9.17) is 4.74 Å². The van der Waals surface area contributed by atoms with Crippen molar-refractivity contribution < 1.29 is 14.6 Å². The van der Waals surface area contributed by atoms with Crippen molar-refractivity contribution in [3.05, 3.63) is 0 Å². The minimum atomic E-state index is -0.663. The Kier molecular flexibility index (Phi) is 2.98. The molecule has 2 N–H and O–H groups in total. The number of carbonyl (C=O) groups excluding carboxylic acids is 1. The van der Waals surface area contributed by atoms with E-state index in [-0.39, 0.29) is 12.0 Å². The molecule has 1 heterocycles. The van der Waals surface area contributed by atoms with E-state index < -0.39 is 5.60 Å². The second-order valence-corrected chi connectivity index (χ2v) is 4.80. The molecule has 0 aromatic carbocycles. The van der Waals surface area contributed by atoms with E-state index in [1.807, 2.05) is 6.92 Å². The number of carbonyl (C=O) groups is 1. The molecule has 1 aliphatic carbocycles. The van der Waals surface area contributed by atoms with E-state index in [0.717, 1.165) is 25.7 Å². The second kappa shape index (κ2) is 4.10.